The van der Waals surface area contributed by atoms with E-state index in [1.165, 1.54) is 12.0 Å². The first-order chi connectivity index (χ1) is 19.0. The Morgan fingerprint density at radius 1 is 1.20 bits per heavy atom. The first-order valence-electron chi connectivity index (χ1n) is 13.0. The van der Waals surface area contributed by atoms with Crippen molar-refractivity contribution in [3.8, 4) is 0 Å². The molecule has 4 N–H and O–H groups in total. The summed E-state index contributed by atoms with van der Waals surface area (Å²) in [4.78, 5) is 40.2. The van der Waals surface area contributed by atoms with Crippen molar-refractivity contribution in [3.05, 3.63) is 41.2 Å². The number of likely N-dealkylation sites (tertiary alicyclic amines) is 1. The van der Waals surface area contributed by atoms with Gasteiger partial charge in [-0.3, -0.25) is 19.3 Å². The Balaban J connectivity index is 1.41. The van der Waals surface area contributed by atoms with Gasteiger partial charge in [0.2, 0.25) is 5.91 Å². The first kappa shape index (κ1) is 29.6. The van der Waals surface area contributed by atoms with Crippen molar-refractivity contribution in [1.82, 2.24) is 19.7 Å². The molecule has 218 valence electrons. The molecule has 3 heterocycles. The van der Waals surface area contributed by atoms with Crippen molar-refractivity contribution in [2.24, 2.45) is 5.73 Å². The van der Waals surface area contributed by atoms with Gasteiger partial charge < -0.3 is 30.6 Å². The third-order valence-corrected chi connectivity index (χ3v) is 8.34. The van der Waals surface area contributed by atoms with Gasteiger partial charge >= 0.3 is 12.1 Å². The van der Waals surface area contributed by atoms with Gasteiger partial charge in [-0.2, -0.15) is 13.2 Å². The summed E-state index contributed by atoms with van der Waals surface area (Å²) in [6.45, 7) is 2.53. The number of anilines is 1. The average molecular weight is 583 g/mol. The van der Waals surface area contributed by atoms with Gasteiger partial charge in [0.15, 0.2) is 0 Å². The van der Waals surface area contributed by atoms with E-state index in [2.05, 4.69) is 27.0 Å². The number of ether oxygens (including phenoxy) is 1. The maximum Gasteiger partial charge on any atom is 0.405 e. The lowest BCUT2D eigenvalue weighted by atomic mass is 10.0. The average Bonchev–Trinajstić information content (AvgIpc) is 3.50. The van der Waals surface area contributed by atoms with Crippen molar-refractivity contribution < 1.29 is 32.3 Å². The van der Waals surface area contributed by atoms with Gasteiger partial charge in [-0.25, -0.2) is 0 Å². The van der Waals surface area contributed by atoms with E-state index in [9.17, 15) is 27.6 Å². The molecule has 1 aromatic heterocycles. The van der Waals surface area contributed by atoms with Crippen LogP contribution in [0.2, 0.25) is 0 Å². The van der Waals surface area contributed by atoms with Crippen molar-refractivity contribution >= 4 is 46.1 Å². The summed E-state index contributed by atoms with van der Waals surface area (Å²) in [5.74, 6) is -1.58. The summed E-state index contributed by atoms with van der Waals surface area (Å²) >= 11 is 1.06. The SMILES string of the molecule is CCN1C(=O)[C@@H](CNc2ccc3ccn(C4CCN(CC(=O)OC)CC4)c3c2)S/C1=C(/N)C(=O)NCC(F)(F)F. The summed E-state index contributed by atoms with van der Waals surface area (Å²) in [5.41, 5.74) is 7.30. The smallest absolute Gasteiger partial charge is 0.405 e. The number of methoxy groups -OCH3 is 1. The fourth-order valence-electron chi connectivity index (χ4n) is 4.92. The number of rotatable bonds is 9. The van der Waals surface area contributed by atoms with E-state index in [4.69, 9.17) is 10.5 Å². The number of nitrogens with zero attached hydrogens (tertiary/aromatic N) is 3. The summed E-state index contributed by atoms with van der Waals surface area (Å²) < 4.78 is 44.5. The number of hydrogen-bond acceptors (Lipinski definition) is 8. The largest absolute Gasteiger partial charge is 0.468 e. The monoisotopic (exact) mass is 582 g/mol. The maximum absolute atomic E-state index is 13.0. The first-order valence-corrected chi connectivity index (χ1v) is 13.8. The number of aromatic nitrogens is 1. The van der Waals surface area contributed by atoms with E-state index in [-0.39, 0.29) is 42.6 Å². The number of benzene rings is 1. The van der Waals surface area contributed by atoms with Crippen LogP contribution in [0.4, 0.5) is 18.9 Å². The lowest BCUT2D eigenvalue weighted by Gasteiger charge is -2.32. The van der Waals surface area contributed by atoms with E-state index in [1.54, 1.807) is 12.2 Å². The summed E-state index contributed by atoms with van der Waals surface area (Å²) in [7, 11) is 1.39. The van der Waals surface area contributed by atoms with E-state index in [1.807, 2.05) is 18.2 Å². The van der Waals surface area contributed by atoms with E-state index in [0.717, 1.165) is 54.3 Å². The number of nitrogens with two attached hydrogens (primary N) is 1. The molecule has 0 spiro atoms. The van der Waals surface area contributed by atoms with Gasteiger partial charge in [0.1, 0.15) is 22.5 Å². The van der Waals surface area contributed by atoms with Crippen LogP contribution in [0, 0.1) is 0 Å². The number of carbonyl (C=O) groups is 3. The predicted molar refractivity (Wildman–Crippen MR) is 146 cm³/mol. The highest BCUT2D eigenvalue weighted by atomic mass is 32.2. The second-order valence-electron chi connectivity index (χ2n) is 9.67. The van der Waals surface area contributed by atoms with Crippen LogP contribution in [-0.4, -0.2) is 90.0 Å². The Morgan fingerprint density at radius 3 is 2.58 bits per heavy atom. The number of thioether (sulfide) groups is 1. The fraction of sp³-hybridized carbons (Fsp3) is 0.500. The number of hydrogen-bond donors (Lipinski definition) is 3. The van der Waals surface area contributed by atoms with Gasteiger partial charge in [-0.05, 0) is 43.4 Å². The Morgan fingerprint density at radius 2 is 1.93 bits per heavy atom. The molecule has 2 amide bonds. The number of halogens is 3. The number of amides is 2. The number of alkyl halides is 3. The lowest BCUT2D eigenvalue weighted by Crippen LogP contribution is -2.38. The van der Waals surface area contributed by atoms with Crippen molar-refractivity contribution in [3.63, 3.8) is 0 Å². The third kappa shape index (κ3) is 6.84. The molecule has 0 unspecified atom stereocenters. The standard InChI is InChI=1S/C26H33F3N6O4S/c1-3-34-24(38)20(40-25(34)22(30)23(37)32-15-26(27,28)29)13-31-17-5-4-16-6-11-35(19(16)12-17)18-7-9-33(10-8-18)14-21(36)39-2/h4-6,11-12,18,20,31H,3,7-10,13-15,30H2,1-2H3,(H,32,37)/b25-22+/t20-/m1/s1. The number of nitrogens with one attached hydrogen (secondary N) is 2. The summed E-state index contributed by atoms with van der Waals surface area (Å²) in [5, 5.41) is 5.67. The minimum Gasteiger partial charge on any atom is -0.468 e. The number of carbonyl (C=O) groups excluding carboxylic acids is 3. The van der Waals surface area contributed by atoms with Crippen LogP contribution in [0.15, 0.2) is 41.2 Å². The van der Waals surface area contributed by atoms with Crippen molar-refractivity contribution in [2.45, 2.75) is 37.2 Å². The minimum absolute atomic E-state index is 0.154. The highest BCUT2D eigenvalue weighted by Crippen LogP contribution is 2.37. The van der Waals surface area contributed by atoms with Gasteiger partial charge in [0.05, 0.1) is 19.2 Å². The third-order valence-electron chi connectivity index (χ3n) is 7.03. The maximum atomic E-state index is 13.0. The van der Waals surface area contributed by atoms with Crippen LogP contribution in [0.3, 0.4) is 0 Å². The van der Waals surface area contributed by atoms with Gasteiger partial charge in [0, 0.05) is 44.1 Å². The molecule has 10 nitrogen and oxygen atoms in total. The Hall–Kier alpha value is -3.39. The quantitative estimate of drug-likeness (QED) is 0.305. The molecule has 14 heteroatoms. The Kier molecular flexibility index (Phi) is 9.19. The number of piperidine rings is 1. The molecular formula is C26H33F3N6O4S. The minimum atomic E-state index is -4.57. The van der Waals surface area contributed by atoms with E-state index in [0.29, 0.717) is 0 Å². The van der Waals surface area contributed by atoms with Crippen molar-refractivity contribution in [2.75, 3.05) is 51.7 Å². The second-order valence-corrected chi connectivity index (χ2v) is 10.9. The molecule has 0 radical (unpaired) electrons. The number of fused-ring (bicyclic) bond motifs is 1. The van der Waals surface area contributed by atoms with Crippen LogP contribution in [0.5, 0.6) is 0 Å². The van der Waals surface area contributed by atoms with Crippen LogP contribution in [-0.2, 0) is 19.1 Å². The van der Waals surface area contributed by atoms with Crippen molar-refractivity contribution in [1.29, 1.82) is 0 Å². The van der Waals surface area contributed by atoms with Crippen LogP contribution >= 0.6 is 11.8 Å². The second kappa shape index (κ2) is 12.4. The van der Waals surface area contributed by atoms with Gasteiger partial charge in [0.25, 0.3) is 5.91 Å². The zero-order chi connectivity index (χ0) is 29.0. The van der Waals surface area contributed by atoms with Crippen LogP contribution in [0.1, 0.15) is 25.8 Å². The molecule has 40 heavy (non-hydrogen) atoms. The van der Waals surface area contributed by atoms with E-state index < -0.39 is 29.6 Å². The lowest BCUT2D eigenvalue weighted by molar-refractivity contribution is -0.142. The highest BCUT2D eigenvalue weighted by molar-refractivity contribution is 8.04. The number of esters is 1. The zero-order valence-corrected chi connectivity index (χ0v) is 23.1. The van der Waals surface area contributed by atoms with Gasteiger partial charge in [-0.15, -0.1) is 0 Å². The van der Waals surface area contributed by atoms with E-state index >= 15 is 0 Å². The Labute approximate surface area is 234 Å². The molecule has 2 aliphatic heterocycles. The molecule has 2 saturated heterocycles. The molecule has 2 fully saturated rings. The van der Waals surface area contributed by atoms with Crippen LogP contribution < -0.4 is 16.4 Å². The fourth-order valence-corrected chi connectivity index (χ4v) is 6.15. The predicted octanol–water partition coefficient (Wildman–Crippen LogP) is 2.63. The molecular weight excluding hydrogens is 549 g/mol. The normalized spacial score (nSPS) is 20.2. The molecule has 4 rings (SSSR count). The molecule has 0 aliphatic carbocycles. The molecule has 0 bridgehead atoms. The Bertz CT molecular complexity index is 1290. The molecule has 0 saturated carbocycles. The summed E-state index contributed by atoms with van der Waals surface area (Å²) in [6, 6.07) is 8.28. The molecule has 1 aromatic carbocycles. The summed E-state index contributed by atoms with van der Waals surface area (Å²) in [6.07, 6.45) is -0.718. The zero-order valence-electron chi connectivity index (χ0n) is 22.3. The topological polar surface area (TPSA) is 122 Å². The molecule has 2 aromatic rings. The molecule has 1 atom stereocenters. The molecule has 2 aliphatic rings. The van der Waals surface area contributed by atoms with Gasteiger partial charge in [-0.1, -0.05) is 17.8 Å². The highest BCUT2D eigenvalue weighted by Gasteiger charge is 2.38. The van der Waals surface area contributed by atoms with Crippen LogP contribution in [0.25, 0.3) is 10.9 Å².